The maximum Gasteiger partial charge on any atom is 0.361 e. The van der Waals surface area contributed by atoms with E-state index >= 15 is 0 Å². The summed E-state index contributed by atoms with van der Waals surface area (Å²) in [7, 11) is 0. The van der Waals surface area contributed by atoms with Crippen LogP contribution in [-0.4, -0.2) is 34.1 Å². The van der Waals surface area contributed by atoms with Crippen molar-refractivity contribution in [3.63, 3.8) is 0 Å². The van der Waals surface area contributed by atoms with Crippen LogP contribution in [-0.2, 0) is 4.74 Å². The Morgan fingerprint density at radius 3 is 2.76 bits per heavy atom. The second kappa shape index (κ2) is 6.71. The standard InChI is InChI=1S/C14H16BrN3O3/c1-4-20-14(19)13-12(16-18-17-13)9-5-6-11(10(15)7-9)21-8(2)3/h5-8H,4H2,1-3H3,(H,16,17,18). The minimum atomic E-state index is -0.500. The molecule has 7 heteroatoms. The van der Waals surface area contributed by atoms with Gasteiger partial charge in [0.25, 0.3) is 0 Å². The molecule has 112 valence electrons. The quantitative estimate of drug-likeness (QED) is 0.835. The third kappa shape index (κ3) is 3.60. The van der Waals surface area contributed by atoms with Crippen molar-refractivity contribution in [1.29, 1.82) is 0 Å². The van der Waals surface area contributed by atoms with Crippen LogP contribution in [0.15, 0.2) is 22.7 Å². The van der Waals surface area contributed by atoms with Crippen LogP contribution in [0.3, 0.4) is 0 Å². The van der Waals surface area contributed by atoms with E-state index in [4.69, 9.17) is 9.47 Å². The molecule has 0 aliphatic rings. The second-order valence-corrected chi connectivity index (χ2v) is 5.41. The lowest BCUT2D eigenvalue weighted by Gasteiger charge is -2.12. The van der Waals surface area contributed by atoms with Crippen LogP contribution >= 0.6 is 15.9 Å². The number of rotatable bonds is 5. The van der Waals surface area contributed by atoms with Crippen molar-refractivity contribution in [2.45, 2.75) is 26.9 Å². The van der Waals surface area contributed by atoms with E-state index in [1.807, 2.05) is 32.0 Å². The van der Waals surface area contributed by atoms with Gasteiger partial charge in [0.15, 0.2) is 5.69 Å². The minimum Gasteiger partial charge on any atom is -0.490 e. The molecule has 6 nitrogen and oxygen atoms in total. The highest BCUT2D eigenvalue weighted by Crippen LogP contribution is 2.31. The third-order valence-electron chi connectivity index (χ3n) is 2.58. The third-order valence-corrected chi connectivity index (χ3v) is 3.20. The molecule has 0 atom stereocenters. The first-order chi connectivity index (χ1) is 10.0. The number of halogens is 1. The fraction of sp³-hybridized carbons (Fsp3) is 0.357. The smallest absolute Gasteiger partial charge is 0.361 e. The van der Waals surface area contributed by atoms with Crippen molar-refractivity contribution in [2.24, 2.45) is 0 Å². The van der Waals surface area contributed by atoms with Gasteiger partial charge in [-0.25, -0.2) is 4.79 Å². The number of ether oxygens (including phenoxy) is 2. The van der Waals surface area contributed by atoms with Gasteiger partial charge in [0, 0.05) is 5.56 Å². The Morgan fingerprint density at radius 2 is 2.14 bits per heavy atom. The number of esters is 1. The zero-order chi connectivity index (χ0) is 15.4. The average molecular weight is 354 g/mol. The summed E-state index contributed by atoms with van der Waals surface area (Å²) in [4.78, 5) is 11.8. The highest BCUT2D eigenvalue weighted by Gasteiger charge is 2.19. The Kier molecular flexibility index (Phi) is 4.95. The molecule has 1 N–H and O–H groups in total. The summed E-state index contributed by atoms with van der Waals surface area (Å²) >= 11 is 3.45. The van der Waals surface area contributed by atoms with E-state index in [1.165, 1.54) is 0 Å². The maximum absolute atomic E-state index is 11.8. The molecule has 2 aromatic rings. The van der Waals surface area contributed by atoms with Crippen LogP contribution in [0.1, 0.15) is 31.3 Å². The van der Waals surface area contributed by atoms with Gasteiger partial charge in [0.05, 0.1) is 17.2 Å². The number of aromatic amines is 1. The predicted molar refractivity (Wildman–Crippen MR) is 81.2 cm³/mol. The summed E-state index contributed by atoms with van der Waals surface area (Å²) in [5.41, 5.74) is 1.36. The molecule has 0 radical (unpaired) electrons. The number of carbonyl (C=O) groups is 1. The van der Waals surface area contributed by atoms with Crippen molar-refractivity contribution >= 4 is 21.9 Å². The molecule has 21 heavy (non-hydrogen) atoms. The van der Waals surface area contributed by atoms with Gasteiger partial charge in [0.2, 0.25) is 0 Å². The van der Waals surface area contributed by atoms with Gasteiger partial charge in [-0.05, 0) is 54.9 Å². The van der Waals surface area contributed by atoms with E-state index in [9.17, 15) is 4.79 Å². The first-order valence-electron chi connectivity index (χ1n) is 6.57. The zero-order valence-corrected chi connectivity index (χ0v) is 13.6. The van der Waals surface area contributed by atoms with E-state index in [0.717, 1.165) is 15.8 Å². The summed E-state index contributed by atoms with van der Waals surface area (Å²) in [6.45, 7) is 5.94. The van der Waals surface area contributed by atoms with E-state index < -0.39 is 5.97 Å². The van der Waals surface area contributed by atoms with E-state index in [0.29, 0.717) is 5.69 Å². The second-order valence-electron chi connectivity index (χ2n) is 4.55. The van der Waals surface area contributed by atoms with E-state index in [-0.39, 0.29) is 18.4 Å². The first-order valence-corrected chi connectivity index (χ1v) is 7.36. The molecule has 0 amide bonds. The molecule has 1 heterocycles. The predicted octanol–water partition coefficient (Wildman–Crippen LogP) is 3.20. The fourth-order valence-electron chi connectivity index (χ4n) is 1.77. The topological polar surface area (TPSA) is 77.1 Å². The van der Waals surface area contributed by atoms with Gasteiger partial charge in [-0.3, -0.25) is 0 Å². The summed E-state index contributed by atoms with van der Waals surface area (Å²) in [5, 5.41) is 10.3. The lowest BCUT2D eigenvalue weighted by molar-refractivity contribution is 0.0520. The van der Waals surface area contributed by atoms with Crippen LogP contribution < -0.4 is 4.74 Å². The number of benzene rings is 1. The van der Waals surface area contributed by atoms with Gasteiger partial charge in [-0.1, -0.05) is 0 Å². The van der Waals surface area contributed by atoms with Crippen LogP contribution in [0, 0.1) is 0 Å². The molecule has 0 bridgehead atoms. The molecule has 0 saturated carbocycles. The summed E-state index contributed by atoms with van der Waals surface area (Å²) < 4.78 is 11.4. The molecular formula is C14H16BrN3O3. The molecular weight excluding hydrogens is 338 g/mol. The number of hydrogen-bond acceptors (Lipinski definition) is 5. The van der Waals surface area contributed by atoms with Crippen molar-refractivity contribution < 1.29 is 14.3 Å². The lowest BCUT2D eigenvalue weighted by atomic mass is 10.1. The van der Waals surface area contributed by atoms with Crippen molar-refractivity contribution in [2.75, 3.05) is 6.61 Å². The van der Waals surface area contributed by atoms with Gasteiger partial charge in [-0.15, -0.1) is 5.10 Å². The molecule has 0 aliphatic carbocycles. The summed E-state index contributed by atoms with van der Waals surface area (Å²) in [6, 6.07) is 5.48. The molecule has 1 aromatic heterocycles. The Bertz CT molecular complexity index is 640. The van der Waals surface area contributed by atoms with Gasteiger partial charge in [0.1, 0.15) is 11.4 Å². The van der Waals surface area contributed by atoms with Crippen molar-refractivity contribution in [3.8, 4) is 17.0 Å². The molecule has 0 aliphatic heterocycles. The van der Waals surface area contributed by atoms with Crippen LogP contribution in [0.2, 0.25) is 0 Å². The molecule has 0 fully saturated rings. The van der Waals surface area contributed by atoms with Gasteiger partial charge < -0.3 is 9.47 Å². The molecule has 0 unspecified atom stereocenters. The summed E-state index contributed by atoms with van der Waals surface area (Å²) in [6.07, 6.45) is 0.0780. The van der Waals surface area contributed by atoms with E-state index in [1.54, 1.807) is 6.92 Å². The van der Waals surface area contributed by atoms with Gasteiger partial charge in [-0.2, -0.15) is 10.3 Å². The monoisotopic (exact) mass is 353 g/mol. The Labute approximate surface area is 131 Å². The van der Waals surface area contributed by atoms with Crippen molar-refractivity contribution in [1.82, 2.24) is 15.4 Å². The average Bonchev–Trinajstić information content (AvgIpc) is 2.90. The molecule has 0 saturated heterocycles. The zero-order valence-electron chi connectivity index (χ0n) is 12.0. The number of nitrogens with zero attached hydrogens (tertiary/aromatic N) is 2. The molecule has 0 spiro atoms. The van der Waals surface area contributed by atoms with E-state index in [2.05, 4.69) is 31.3 Å². The van der Waals surface area contributed by atoms with Crippen molar-refractivity contribution in [3.05, 3.63) is 28.4 Å². The number of hydrogen-bond donors (Lipinski definition) is 1. The van der Waals surface area contributed by atoms with Gasteiger partial charge >= 0.3 is 5.97 Å². The SMILES string of the molecule is CCOC(=O)c1n[nH]nc1-c1ccc(OC(C)C)c(Br)c1. The number of nitrogens with one attached hydrogen (secondary N) is 1. The Hall–Kier alpha value is -1.89. The summed E-state index contributed by atoms with van der Waals surface area (Å²) in [5.74, 6) is 0.231. The minimum absolute atomic E-state index is 0.0780. The van der Waals surface area contributed by atoms with Crippen LogP contribution in [0.4, 0.5) is 0 Å². The number of H-pyrrole nitrogens is 1. The highest BCUT2D eigenvalue weighted by atomic mass is 79.9. The normalized spacial score (nSPS) is 10.7. The Morgan fingerprint density at radius 1 is 1.38 bits per heavy atom. The largest absolute Gasteiger partial charge is 0.490 e. The fourth-order valence-corrected chi connectivity index (χ4v) is 2.24. The maximum atomic E-state index is 11.8. The highest BCUT2D eigenvalue weighted by molar-refractivity contribution is 9.10. The molecule has 2 rings (SSSR count). The number of carbonyl (C=O) groups excluding carboxylic acids is 1. The van der Waals surface area contributed by atoms with Crippen LogP contribution in [0.25, 0.3) is 11.3 Å². The first kappa shape index (κ1) is 15.5. The lowest BCUT2D eigenvalue weighted by Crippen LogP contribution is -2.07. The Balaban J connectivity index is 2.33. The molecule has 1 aromatic carbocycles. The number of aromatic nitrogens is 3. The van der Waals surface area contributed by atoms with Crippen LogP contribution in [0.5, 0.6) is 5.75 Å².